The first-order valence-corrected chi connectivity index (χ1v) is 7.37. The highest BCUT2D eigenvalue weighted by molar-refractivity contribution is 6.31. The van der Waals surface area contributed by atoms with Gasteiger partial charge in [-0.05, 0) is 30.5 Å². The van der Waals surface area contributed by atoms with E-state index in [1.807, 2.05) is 0 Å². The Bertz CT molecular complexity index is 632. The third kappa shape index (κ3) is 3.43. The smallest absolute Gasteiger partial charge is 0.220 e. The van der Waals surface area contributed by atoms with E-state index in [-0.39, 0.29) is 29.8 Å². The van der Waals surface area contributed by atoms with Crippen LogP contribution in [0.2, 0.25) is 5.02 Å². The fraction of sp³-hybridized carbons (Fsp3) is 0.500. The Kier molecular flexibility index (Phi) is 5.46. The van der Waals surface area contributed by atoms with E-state index in [0.717, 1.165) is 0 Å². The highest BCUT2D eigenvalue weighted by atomic mass is 35.5. The third-order valence-electron chi connectivity index (χ3n) is 3.50. The maximum atomic E-state index is 14.5. The molecule has 1 atom stereocenters. The summed E-state index contributed by atoms with van der Waals surface area (Å²) in [4.78, 5) is 14.1. The van der Waals surface area contributed by atoms with Crippen molar-refractivity contribution in [2.45, 2.75) is 25.7 Å². The van der Waals surface area contributed by atoms with Crippen LogP contribution < -0.4 is 10.1 Å². The van der Waals surface area contributed by atoms with Crippen LogP contribution in [0, 0.1) is 5.82 Å². The van der Waals surface area contributed by atoms with Crippen LogP contribution in [-0.2, 0) is 11.2 Å². The molecule has 0 spiro atoms. The van der Waals surface area contributed by atoms with Crippen molar-refractivity contribution in [3.05, 3.63) is 38.5 Å². The normalized spacial score (nSPS) is 17.0. The molecule has 1 aliphatic rings. The van der Waals surface area contributed by atoms with E-state index >= 15 is 0 Å². The first-order chi connectivity index (χ1) is 10.6. The van der Waals surface area contributed by atoms with Crippen molar-refractivity contribution >= 4 is 17.5 Å². The van der Waals surface area contributed by atoms with Crippen molar-refractivity contribution in [3.8, 4) is 5.75 Å². The molecule has 1 saturated heterocycles. The predicted octanol–water partition coefficient (Wildman–Crippen LogP) is 3.33. The Balaban J connectivity index is 2.47. The number of ether oxygens (including phenoxy) is 1. The molecule has 6 nitrogen and oxygen atoms in total. The summed E-state index contributed by atoms with van der Waals surface area (Å²) in [6.45, 7) is 2.73. The summed E-state index contributed by atoms with van der Waals surface area (Å²) >= 11 is 5.98. The Morgan fingerprint density at radius 3 is 3.00 bits per heavy atom. The van der Waals surface area contributed by atoms with Gasteiger partial charge in [0.1, 0.15) is 11.6 Å². The van der Waals surface area contributed by atoms with Gasteiger partial charge in [0, 0.05) is 35.9 Å². The van der Waals surface area contributed by atoms with Gasteiger partial charge in [-0.2, -0.15) is 0 Å². The van der Waals surface area contributed by atoms with Crippen molar-refractivity contribution < 1.29 is 13.9 Å². The first kappa shape index (κ1) is 16.4. The summed E-state index contributed by atoms with van der Waals surface area (Å²) in [6.07, 6.45) is 0.591. The minimum atomic E-state index is -0.556. The number of halogens is 2. The van der Waals surface area contributed by atoms with Gasteiger partial charge in [0.25, 0.3) is 0 Å². The molecule has 118 valence electrons. The van der Waals surface area contributed by atoms with Gasteiger partial charge in [0.15, 0.2) is 0 Å². The van der Waals surface area contributed by atoms with Crippen LogP contribution in [0.1, 0.15) is 30.4 Å². The van der Waals surface area contributed by atoms with Gasteiger partial charge < -0.3 is 10.1 Å². The van der Waals surface area contributed by atoms with E-state index in [4.69, 9.17) is 21.9 Å². The molecule has 1 unspecified atom stereocenters. The lowest BCUT2D eigenvalue weighted by atomic mass is 9.93. The van der Waals surface area contributed by atoms with Crippen LogP contribution in [-0.4, -0.2) is 25.6 Å². The Labute approximate surface area is 132 Å². The molecule has 1 amide bonds. The number of hydrogen-bond donors (Lipinski definition) is 1. The van der Waals surface area contributed by atoms with Crippen LogP contribution in [0.4, 0.5) is 4.39 Å². The Morgan fingerprint density at radius 1 is 1.64 bits per heavy atom. The third-order valence-corrected chi connectivity index (χ3v) is 3.78. The number of amides is 1. The zero-order chi connectivity index (χ0) is 16.1. The monoisotopic (exact) mass is 326 g/mol. The minimum Gasteiger partial charge on any atom is -0.493 e. The lowest BCUT2D eigenvalue weighted by Crippen LogP contribution is -2.14. The molecule has 22 heavy (non-hydrogen) atoms. The van der Waals surface area contributed by atoms with Crippen LogP contribution in [0.3, 0.4) is 0 Å². The molecule has 1 N–H and O–H groups in total. The lowest BCUT2D eigenvalue weighted by Gasteiger charge is -2.20. The predicted molar refractivity (Wildman–Crippen MR) is 80.7 cm³/mol. The van der Waals surface area contributed by atoms with E-state index in [1.165, 1.54) is 6.07 Å². The number of rotatable bonds is 6. The molecule has 0 bridgehead atoms. The molecule has 1 heterocycles. The number of nitrogens with zero attached hydrogens (tertiary/aromatic N) is 3. The van der Waals surface area contributed by atoms with Gasteiger partial charge in [-0.25, -0.2) is 4.39 Å². The molecule has 1 aromatic carbocycles. The Morgan fingerprint density at radius 2 is 2.41 bits per heavy atom. The van der Waals surface area contributed by atoms with Crippen LogP contribution >= 0.6 is 11.6 Å². The highest BCUT2D eigenvalue weighted by Gasteiger charge is 2.31. The number of benzene rings is 1. The van der Waals surface area contributed by atoms with Gasteiger partial charge in [-0.15, -0.1) is 0 Å². The number of carbonyl (C=O) groups is 1. The maximum absolute atomic E-state index is 14.5. The summed E-state index contributed by atoms with van der Waals surface area (Å²) in [6, 6.07) is 1.49. The van der Waals surface area contributed by atoms with Crippen LogP contribution in [0.15, 0.2) is 11.2 Å². The molecule has 0 saturated carbocycles. The summed E-state index contributed by atoms with van der Waals surface area (Å²) in [5.74, 6) is -0.591. The average Bonchev–Trinajstić information content (AvgIpc) is 2.91. The first-order valence-electron chi connectivity index (χ1n) is 6.99. The lowest BCUT2D eigenvalue weighted by molar-refractivity contribution is -0.119. The van der Waals surface area contributed by atoms with E-state index in [2.05, 4.69) is 15.3 Å². The zero-order valence-electron chi connectivity index (χ0n) is 12.1. The van der Waals surface area contributed by atoms with E-state index < -0.39 is 5.82 Å². The summed E-state index contributed by atoms with van der Waals surface area (Å²) < 4.78 is 20.1. The minimum absolute atomic E-state index is 0.0197. The SMILES string of the molecule is CCOc1c(CCN=[N+]=[N-])cc(Cl)c(F)c1C1CNC(=O)C1. The molecule has 2 rings (SSSR count). The highest BCUT2D eigenvalue weighted by Crippen LogP contribution is 2.39. The van der Waals surface area contributed by atoms with Gasteiger partial charge in [0.05, 0.1) is 11.6 Å². The number of nitrogens with one attached hydrogen (secondary N) is 1. The molecule has 0 radical (unpaired) electrons. The molecule has 1 aromatic rings. The molecule has 0 aliphatic carbocycles. The zero-order valence-corrected chi connectivity index (χ0v) is 12.9. The summed E-state index contributed by atoms with van der Waals surface area (Å²) in [5.41, 5.74) is 9.37. The summed E-state index contributed by atoms with van der Waals surface area (Å²) in [7, 11) is 0. The number of azide groups is 1. The standard InChI is InChI=1S/C14H16ClFN4O2/c1-2-22-14-8(3-4-19-20-17)5-10(15)13(16)12(14)9-6-11(21)18-7-9/h5,9H,2-4,6-7H2,1H3,(H,18,21). The van der Waals surface area contributed by atoms with Gasteiger partial charge in [-0.3, -0.25) is 4.79 Å². The molecule has 0 aromatic heterocycles. The van der Waals surface area contributed by atoms with E-state index in [0.29, 0.717) is 36.4 Å². The van der Waals surface area contributed by atoms with Crippen molar-refractivity contribution in [3.63, 3.8) is 0 Å². The summed E-state index contributed by atoms with van der Waals surface area (Å²) in [5, 5.41) is 6.15. The topological polar surface area (TPSA) is 87.1 Å². The Hall–Kier alpha value is -1.98. The quantitative estimate of drug-likeness (QED) is 0.493. The fourth-order valence-electron chi connectivity index (χ4n) is 2.57. The molecular formula is C14H16ClFN4O2. The molecule has 8 heteroatoms. The largest absolute Gasteiger partial charge is 0.493 e. The van der Waals surface area contributed by atoms with Gasteiger partial charge >= 0.3 is 0 Å². The average molecular weight is 327 g/mol. The molecular weight excluding hydrogens is 311 g/mol. The number of carbonyl (C=O) groups excluding carboxylic acids is 1. The second-order valence-corrected chi connectivity index (χ2v) is 5.32. The van der Waals surface area contributed by atoms with Crippen molar-refractivity contribution in [2.24, 2.45) is 5.11 Å². The van der Waals surface area contributed by atoms with Gasteiger partial charge in [0.2, 0.25) is 5.91 Å². The van der Waals surface area contributed by atoms with Crippen molar-refractivity contribution in [1.82, 2.24) is 5.32 Å². The van der Waals surface area contributed by atoms with Gasteiger partial charge in [-0.1, -0.05) is 16.7 Å². The number of hydrogen-bond acceptors (Lipinski definition) is 3. The van der Waals surface area contributed by atoms with E-state index in [9.17, 15) is 9.18 Å². The second-order valence-electron chi connectivity index (χ2n) is 4.92. The second kappa shape index (κ2) is 7.33. The van der Waals surface area contributed by atoms with Crippen LogP contribution in [0.25, 0.3) is 10.4 Å². The maximum Gasteiger partial charge on any atom is 0.220 e. The molecule has 1 aliphatic heterocycles. The van der Waals surface area contributed by atoms with E-state index in [1.54, 1.807) is 6.92 Å². The van der Waals surface area contributed by atoms with Crippen molar-refractivity contribution in [1.29, 1.82) is 0 Å². The van der Waals surface area contributed by atoms with Crippen molar-refractivity contribution in [2.75, 3.05) is 19.7 Å². The van der Waals surface area contributed by atoms with Crippen LogP contribution in [0.5, 0.6) is 5.75 Å². The molecule has 1 fully saturated rings. The fourth-order valence-corrected chi connectivity index (χ4v) is 2.81.